The molecule has 2 rings (SSSR count). The van der Waals surface area contributed by atoms with E-state index in [1.54, 1.807) is 16.9 Å². The molecule has 0 spiro atoms. The van der Waals surface area contributed by atoms with Gasteiger partial charge in [0.1, 0.15) is 0 Å². The van der Waals surface area contributed by atoms with Gasteiger partial charge in [0.05, 0.1) is 22.0 Å². The van der Waals surface area contributed by atoms with Crippen LogP contribution in [0.15, 0.2) is 36.7 Å². The SMILES string of the molecule is [C-]#[N+]c1ccccc1-n1cc(I)cn1. The largest absolute Gasteiger partial charge is 0.250 e. The minimum absolute atomic E-state index is 0.618. The maximum Gasteiger partial charge on any atom is 0.212 e. The second-order valence-corrected chi connectivity index (χ2v) is 3.95. The molecule has 0 aliphatic rings. The number of hydrogen-bond acceptors (Lipinski definition) is 1. The van der Waals surface area contributed by atoms with E-state index in [0.717, 1.165) is 9.26 Å². The van der Waals surface area contributed by atoms with Gasteiger partial charge >= 0.3 is 0 Å². The molecule has 14 heavy (non-hydrogen) atoms. The molecule has 4 heteroatoms. The van der Waals surface area contributed by atoms with Gasteiger partial charge in [-0.15, -0.1) is 0 Å². The van der Waals surface area contributed by atoms with Crippen LogP contribution in [0.2, 0.25) is 0 Å². The van der Waals surface area contributed by atoms with Crippen LogP contribution in [0.25, 0.3) is 10.5 Å². The molecule has 3 nitrogen and oxygen atoms in total. The van der Waals surface area contributed by atoms with Crippen molar-refractivity contribution in [2.45, 2.75) is 0 Å². The van der Waals surface area contributed by atoms with E-state index in [0.29, 0.717) is 5.69 Å². The molecule has 0 radical (unpaired) electrons. The summed E-state index contributed by atoms with van der Waals surface area (Å²) in [5.74, 6) is 0. The van der Waals surface area contributed by atoms with Crippen molar-refractivity contribution in [3.8, 4) is 5.69 Å². The number of aromatic nitrogens is 2. The zero-order valence-electron chi connectivity index (χ0n) is 7.18. The minimum atomic E-state index is 0.618. The fraction of sp³-hybridized carbons (Fsp3) is 0. The molecule has 0 saturated carbocycles. The molecule has 0 aliphatic carbocycles. The normalized spacial score (nSPS) is 9.71. The predicted molar refractivity (Wildman–Crippen MR) is 62.5 cm³/mol. The number of hydrogen-bond donors (Lipinski definition) is 0. The van der Waals surface area contributed by atoms with E-state index < -0.39 is 0 Å². The molecule has 1 heterocycles. The van der Waals surface area contributed by atoms with Crippen LogP contribution in [-0.2, 0) is 0 Å². The van der Waals surface area contributed by atoms with Crippen LogP contribution in [0.3, 0.4) is 0 Å². The lowest BCUT2D eigenvalue weighted by Gasteiger charge is -2.02. The highest BCUT2D eigenvalue weighted by molar-refractivity contribution is 14.1. The topological polar surface area (TPSA) is 22.2 Å². The van der Waals surface area contributed by atoms with Gasteiger partial charge in [0.2, 0.25) is 5.69 Å². The second-order valence-electron chi connectivity index (χ2n) is 2.70. The smallest absolute Gasteiger partial charge is 0.212 e. The fourth-order valence-corrected chi connectivity index (χ4v) is 1.57. The van der Waals surface area contributed by atoms with Crippen LogP contribution in [0, 0.1) is 10.1 Å². The Morgan fingerprint density at radius 2 is 2.14 bits per heavy atom. The van der Waals surface area contributed by atoms with Gasteiger partial charge in [0.25, 0.3) is 0 Å². The second kappa shape index (κ2) is 3.80. The molecular formula is C10H6IN3. The van der Waals surface area contributed by atoms with Crippen LogP contribution in [-0.4, -0.2) is 9.78 Å². The first kappa shape index (κ1) is 9.21. The Labute approximate surface area is 95.3 Å². The van der Waals surface area contributed by atoms with Crippen molar-refractivity contribution in [3.63, 3.8) is 0 Å². The van der Waals surface area contributed by atoms with Crippen molar-refractivity contribution in [1.82, 2.24) is 9.78 Å². The van der Waals surface area contributed by atoms with Gasteiger partial charge < -0.3 is 0 Å². The van der Waals surface area contributed by atoms with E-state index >= 15 is 0 Å². The lowest BCUT2D eigenvalue weighted by atomic mass is 10.3. The van der Waals surface area contributed by atoms with E-state index in [1.165, 1.54) is 0 Å². The van der Waals surface area contributed by atoms with Crippen molar-refractivity contribution in [2.24, 2.45) is 0 Å². The summed E-state index contributed by atoms with van der Waals surface area (Å²) in [6.07, 6.45) is 3.66. The molecule has 0 atom stereocenters. The van der Waals surface area contributed by atoms with Gasteiger partial charge in [-0.2, -0.15) is 5.10 Å². The number of rotatable bonds is 1. The molecule has 0 bridgehead atoms. The lowest BCUT2D eigenvalue weighted by Crippen LogP contribution is -1.93. The third-order valence-corrected chi connectivity index (χ3v) is 2.36. The maximum absolute atomic E-state index is 7.02. The Hall–Kier alpha value is -1.35. The van der Waals surface area contributed by atoms with Crippen molar-refractivity contribution < 1.29 is 0 Å². The van der Waals surface area contributed by atoms with E-state index in [-0.39, 0.29) is 0 Å². The van der Waals surface area contributed by atoms with Crippen LogP contribution in [0.4, 0.5) is 5.69 Å². The summed E-state index contributed by atoms with van der Waals surface area (Å²) in [7, 11) is 0. The van der Waals surface area contributed by atoms with E-state index in [2.05, 4.69) is 32.5 Å². The molecule has 0 fully saturated rings. The van der Waals surface area contributed by atoms with Crippen LogP contribution in [0.1, 0.15) is 0 Å². The van der Waals surface area contributed by atoms with Crippen LogP contribution >= 0.6 is 22.6 Å². The van der Waals surface area contributed by atoms with Crippen molar-refractivity contribution in [1.29, 1.82) is 0 Å². The quantitative estimate of drug-likeness (QED) is 0.585. The number of nitrogens with zero attached hydrogens (tertiary/aromatic N) is 3. The summed E-state index contributed by atoms with van der Waals surface area (Å²) in [5, 5.41) is 4.16. The van der Waals surface area contributed by atoms with Gasteiger partial charge in [-0.3, -0.25) is 4.68 Å². The zero-order valence-corrected chi connectivity index (χ0v) is 9.34. The molecule has 0 unspecified atom stereocenters. The average molecular weight is 295 g/mol. The van der Waals surface area contributed by atoms with Gasteiger partial charge in [-0.05, 0) is 28.7 Å². The van der Waals surface area contributed by atoms with Crippen molar-refractivity contribution >= 4 is 28.3 Å². The number of halogens is 1. The highest BCUT2D eigenvalue weighted by Gasteiger charge is 2.03. The zero-order chi connectivity index (χ0) is 9.97. The average Bonchev–Trinajstić information content (AvgIpc) is 2.65. The summed E-state index contributed by atoms with van der Waals surface area (Å²) in [6.45, 7) is 7.02. The Kier molecular flexibility index (Phi) is 2.50. The molecule has 0 aliphatic heterocycles. The van der Waals surface area contributed by atoms with Crippen LogP contribution < -0.4 is 0 Å². The first-order chi connectivity index (χ1) is 6.81. The van der Waals surface area contributed by atoms with E-state index in [9.17, 15) is 0 Å². The molecular weight excluding hydrogens is 289 g/mol. The first-order valence-corrected chi connectivity index (χ1v) is 5.06. The minimum Gasteiger partial charge on any atom is -0.250 e. The van der Waals surface area contributed by atoms with Gasteiger partial charge in [0, 0.05) is 6.20 Å². The van der Waals surface area contributed by atoms with Crippen LogP contribution in [0.5, 0.6) is 0 Å². The molecule has 1 aromatic heterocycles. The fourth-order valence-electron chi connectivity index (χ4n) is 1.19. The van der Waals surface area contributed by atoms with Crippen molar-refractivity contribution in [3.05, 3.63) is 51.6 Å². The molecule has 0 N–H and O–H groups in total. The van der Waals surface area contributed by atoms with E-state index in [4.69, 9.17) is 6.57 Å². The standard InChI is InChI=1S/C10H6IN3/c1-12-9-4-2-3-5-10(9)14-7-8(11)6-13-14/h2-7H. The van der Waals surface area contributed by atoms with Gasteiger partial charge in [-0.25, -0.2) is 4.85 Å². The summed E-state index contributed by atoms with van der Waals surface area (Å²) >= 11 is 2.19. The van der Waals surface area contributed by atoms with Gasteiger partial charge in [-0.1, -0.05) is 18.2 Å². The van der Waals surface area contributed by atoms with Gasteiger partial charge in [0.15, 0.2) is 0 Å². The molecule has 0 amide bonds. The van der Waals surface area contributed by atoms with E-state index in [1.807, 2.05) is 24.4 Å². The summed E-state index contributed by atoms with van der Waals surface area (Å²) < 4.78 is 2.78. The Morgan fingerprint density at radius 1 is 1.36 bits per heavy atom. The third-order valence-electron chi connectivity index (χ3n) is 1.80. The first-order valence-electron chi connectivity index (χ1n) is 3.98. The lowest BCUT2D eigenvalue weighted by molar-refractivity contribution is 0.884. The summed E-state index contributed by atoms with van der Waals surface area (Å²) in [6, 6.07) is 7.43. The maximum atomic E-state index is 7.02. The Morgan fingerprint density at radius 3 is 2.79 bits per heavy atom. The highest BCUT2D eigenvalue weighted by atomic mass is 127. The predicted octanol–water partition coefficient (Wildman–Crippen LogP) is 3.03. The molecule has 2 aromatic rings. The number of benzene rings is 1. The highest BCUT2D eigenvalue weighted by Crippen LogP contribution is 2.22. The summed E-state index contributed by atoms with van der Waals surface area (Å²) in [4.78, 5) is 3.44. The molecule has 0 saturated heterocycles. The summed E-state index contributed by atoms with van der Waals surface area (Å²) in [5.41, 5.74) is 1.44. The molecule has 1 aromatic carbocycles. The van der Waals surface area contributed by atoms with Crippen molar-refractivity contribution in [2.75, 3.05) is 0 Å². The Balaban J connectivity index is 2.57. The Bertz CT molecular complexity index is 496. The number of para-hydroxylation sites is 2. The molecule has 68 valence electrons. The monoisotopic (exact) mass is 295 g/mol. The third kappa shape index (κ3) is 1.63.